The molecule has 8 nitrogen and oxygen atoms in total. The van der Waals surface area contributed by atoms with Gasteiger partial charge in [-0.2, -0.15) is 4.31 Å². The maximum absolute atomic E-state index is 12.3. The number of hydrogen-bond donors (Lipinski definition) is 1. The number of anilines is 1. The van der Waals surface area contributed by atoms with Gasteiger partial charge in [0.25, 0.3) is 10.0 Å². The topological polar surface area (TPSA) is 101 Å². The van der Waals surface area contributed by atoms with Crippen LogP contribution in [0.2, 0.25) is 0 Å². The number of nitrogens with zero attached hydrogens (tertiary/aromatic N) is 3. The number of carbonyl (C=O) groups excluding carboxylic acids is 1. The van der Waals surface area contributed by atoms with E-state index in [4.69, 9.17) is 4.74 Å². The highest BCUT2D eigenvalue weighted by atomic mass is 32.2. The van der Waals surface area contributed by atoms with Crippen molar-refractivity contribution in [1.29, 1.82) is 0 Å². The molecule has 2 rings (SSSR count). The SMILES string of the molecule is CCCC(=O)Nc1nnc(S(=O)(=O)N2CCOCC2)s1. The quantitative estimate of drug-likeness (QED) is 0.783. The van der Waals surface area contributed by atoms with Gasteiger partial charge in [0.1, 0.15) is 0 Å². The van der Waals surface area contributed by atoms with Crippen LogP contribution >= 0.6 is 11.3 Å². The Morgan fingerprint density at radius 1 is 1.40 bits per heavy atom. The molecule has 0 radical (unpaired) electrons. The number of morpholine rings is 1. The molecule has 0 unspecified atom stereocenters. The molecule has 0 saturated carbocycles. The van der Waals surface area contributed by atoms with E-state index in [2.05, 4.69) is 15.5 Å². The summed E-state index contributed by atoms with van der Waals surface area (Å²) in [6.07, 6.45) is 1.08. The van der Waals surface area contributed by atoms with Crippen LogP contribution in [0.3, 0.4) is 0 Å². The Morgan fingerprint density at radius 2 is 2.10 bits per heavy atom. The van der Waals surface area contributed by atoms with Gasteiger partial charge in [-0.15, -0.1) is 10.2 Å². The van der Waals surface area contributed by atoms with Gasteiger partial charge in [0.05, 0.1) is 13.2 Å². The van der Waals surface area contributed by atoms with Gasteiger partial charge in [-0.3, -0.25) is 4.79 Å². The summed E-state index contributed by atoms with van der Waals surface area (Å²) in [5, 5.41) is 10.1. The van der Waals surface area contributed by atoms with E-state index < -0.39 is 10.0 Å². The molecule has 1 aliphatic heterocycles. The summed E-state index contributed by atoms with van der Waals surface area (Å²) in [5.41, 5.74) is 0. The minimum atomic E-state index is -3.64. The molecule has 0 spiro atoms. The lowest BCUT2D eigenvalue weighted by molar-refractivity contribution is -0.116. The predicted molar refractivity (Wildman–Crippen MR) is 73.0 cm³/mol. The van der Waals surface area contributed by atoms with Gasteiger partial charge in [-0.25, -0.2) is 8.42 Å². The fraction of sp³-hybridized carbons (Fsp3) is 0.700. The molecular formula is C10H16N4O4S2. The van der Waals surface area contributed by atoms with Gasteiger partial charge in [0, 0.05) is 19.5 Å². The summed E-state index contributed by atoms with van der Waals surface area (Å²) in [7, 11) is -3.64. The molecule has 0 aliphatic carbocycles. The zero-order valence-electron chi connectivity index (χ0n) is 11.0. The molecule has 1 N–H and O–H groups in total. The molecule has 0 bridgehead atoms. The number of amides is 1. The summed E-state index contributed by atoms with van der Waals surface area (Å²) < 4.78 is 30.9. The third kappa shape index (κ3) is 3.51. The summed E-state index contributed by atoms with van der Waals surface area (Å²) in [6, 6.07) is 0. The molecule has 10 heteroatoms. The second-order valence-corrected chi connectivity index (χ2v) is 7.28. The molecule has 1 saturated heterocycles. The van der Waals surface area contributed by atoms with Gasteiger partial charge in [-0.05, 0) is 6.42 Å². The zero-order valence-corrected chi connectivity index (χ0v) is 12.7. The van der Waals surface area contributed by atoms with Crippen molar-refractivity contribution in [2.45, 2.75) is 24.1 Å². The third-order valence-electron chi connectivity index (χ3n) is 2.66. The molecule has 112 valence electrons. The number of hydrogen-bond acceptors (Lipinski definition) is 7. The molecule has 1 fully saturated rings. The smallest absolute Gasteiger partial charge is 0.272 e. The number of rotatable bonds is 5. The summed E-state index contributed by atoms with van der Waals surface area (Å²) in [5.74, 6) is -0.195. The lowest BCUT2D eigenvalue weighted by atomic mass is 10.3. The maximum Gasteiger partial charge on any atom is 0.272 e. The van der Waals surface area contributed by atoms with Crippen molar-refractivity contribution in [2.24, 2.45) is 0 Å². The molecule has 0 atom stereocenters. The van der Waals surface area contributed by atoms with E-state index in [9.17, 15) is 13.2 Å². The standard InChI is InChI=1S/C10H16N4O4S2/c1-2-3-8(15)11-9-12-13-10(19-9)20(16,17)14-4-6-18-7-5-14/h2-7H2,1H3,(H,11,12,15). The van der Waals surface area contributed by atoms with Gasteiger partial charge >= 0.3 is 0 Å². The Balaban J connectivity index is 2.09. The number of carbonyl (C=O) groups is 1. The van der Waals surface area contributed by atoms with Crippen molar-refractivity contribution in [1.82, 2.24) is 14.5 Å². The van der Waals surface area contributed by atoms with E-state index >= 15 is 0 Å². The van der Waals surface area contributed by atoms with Crippen LogP contribution < -0.4 is 5.32 Å². The summed E-state index contributed by atoms with van der Waals surface area (Å²) >= 11 is 0.863. The first-order valence-corrected chi connectivity index (χ1v) is 8.51. The van der Waals surface area contributed by atoms with Gasteiger partial charge < -0.3 is 10.1 Å². The van der Waals surface area contributed by atoms with Crippen molar-refractivity contribution >= 4 is 32.4 Å². The van der Waals surface area contributed by atoms with Crippen LogP contribution in [0.4, 0.5) is 5.13 Å². The molecule has 2 heterocycles. The Hall–Kier alpha value is -1.10. The average molecular weight is 320 g/mol. The fourth-order valence-electron chi connectivity index (χ4n) is 1.67. The molecule has 1 aromatic rings. The van der Waals surface area contributed by atoms with Crippen LogP contribution in [-0.4, -0.2) is 55.1 Å². The Labute approximate surface area is 121 Å². The number of ether oxygens (including phenoxy) is 1. The van der Waals surface area contributed by atoms with E-state index in [1.165, 1.54) is 4.31 Å². The highest BCUT2D eigenvalue weighted by Gasteiger charge is 2.30. The van der Waals surface area contributed by atoms with Crippen LogP contribution in [0, 0.1) is 0 Å². The monoisotopic (exact) mass is 320 g/mol. The Bertz CT molecular complexity index is 566. The van der Waals surface area contributed by atoms with E-state index in [1.807, 2.05) is 6.92 Å². The molecule has 1 aliphatic rings. The van der Waals surface area contributed by atoms with Crippen LogP contribution in [0.1, 0.15) is 19.8 Å². The predicted octanol–water partition coefficient (Wildman–Crippen LogP) is 0.298. The molecule has 20 heavy (non-hydrogen) atoms. The first-order valence-electron chi connectivity index (χ1n) is 6.25. The van der Waals surface area contributed by atoms with Crippen molar-refractivity contribution in [3.05, 3.63) is 0 Å². The Morgan fingerprint density at radius 3 is 2.75 bits per heavy atom. The van der Waals surface area contributed by atoms with Crippen LogP contribution in [0.15, 0.2) is 4.34 Å². The van der Waals surface area contributed by atoms with E-state index in [1.54, 1.807) is 0 Å². The van der Waals surface area contributed by atoms with Gasteiger partial charge in [0.2, 0.25) is 15.4 Å². The van der Waals surface area contributed by atoms with Crippen molar-refractivity contribution in [2.75, 3.05) is 31.6 Å². The maximum atomic E-state index is 12.3. The van der Waals surface area contributed by atoms with Crippen molar-refractivity contribution in [3.63, 3.8) is 0 Å². The highest BCUT2D eigenvalue weighted by Crippen LogP contribution is 2.23. The molecule has 1 aromatic heterocycles. The second kappa shape index (κ2) is 6.57. The van der Waals surface area contributed by atoms with Crippen LogP contribution in [-0.2, 0) is 19.6 Å². The fourth-order valence-corrected chi connectivity index (χ4v) is 4.13. The van der Waals surface area contributed by atoms with Gasteiger partial charge in [0.15, 0.2) is 0 Å². The van der Waals surface area contributed by atoms with Crippen molar-refractivity contribution in [3.8, 4) is 0 Å². The zero-order chi connectivity index (χ0) is 14.6. The van der Waals surface area contributed by atoms with Crippen molar-refractivity contribution < 1.29 is 17.9 Å². The normalized spacial score (nSPS) is 17.1. The Kier molecular flexibility index (Phi) is 5.02. The highest BCUT2D eigenvalue weighted by molar-refractivity contribution is 7.91. The first-order chi connectivity index (χ1) is 9.54. The van der Waals surface area contributed by atoms with E-state index in [0.29, 0.717) is 39.1 Å². The van der Waals surface area contributed by atoms with E-state index in [0.717, 1.165) is 11.3 Å². The third-order valence-corrected chi connectivity index (χ3v) is 5.74. The summed E-state index contributed by atoms with van der Waals surface area (Å²) in [6.45, 7) is 3.24. The number of aromatic nitrogens is 2. The largest absolute Gasteiger partial charge is 0.379 e. The van der Waals surface area contributed by atoms with Crippen LogP contribution in [0.5, 0.6) is 0 Å². The number of sulfonamides is 1. The van der Waals surface area contributed by atoms with Gasteiger partial charge in [-0.1, -0.05) is 18.3 Å². The minimum absolute atomic E-state index is 0.105. The first kappa shape index (κ1) is 15.3. The lowest BCUT2D eigenvalue weighted by Gasteiger charge is -2.24. The van der Waals surface area contributed by atoms with Crippen LogP contribution in [0.25, 0.3) is 0 Å². The average Bonchev–Trinajstić information content (AvgIpc) is 2.89. The lowest BCUT2D eigenvalue weighted by Crippen LogP contribution is -2.40. The second-order valence-electron chi connectivity index (χ2n) is 4.19. The minimum Gasteiger partial charge on any atom is -0.379 e. The number of nitrogens with one attached hydrogen (secondary N) is 1. The molecular weight excluding hydrogens is 304 g/mol. The van der Waals surface area contributed by atoms with E-state index in [-0.39, 0.29) is 15.4 Å². The molecule has 1 amide bonds. The molecule has 0 aromatic carbocycles. The summed E-state index contributed by atoms with van der Waals surface area (Å²) in [4.78, 5) is 11.4.